The first-order valence-electron chi connectivity index (χ1n) is 6.56. The Kier molecular flexibility index (Phi) is 6.14. The third-order valence-corrected chi connectivity index (χ3v) is 2.76. The van der Waals surface area contributed by atoms with Crippen LogP contribution in [0.1, 0.15) is 36.2 Å². The van der Waals surface area contributed by atoms with E-state index in [4.69, 9.17) is 5.11 Å². The van der Waals surface area contributed by atoms with Crippen LogP contribution in [0.5, 0.6) is 11.5 Å². The van der Waals surface area contributed by atoms with Crippen molar-refractivity contribution in [3.05, 3.63) is 59.7 Å². The van der Waals surface area contributed by atoms with Crippen LogP contribution in [0.2, 0.25) is 0 Å². The molecule has 0 saturated heterocycles. The Bertz CT molecular complexity index is 618. The maximum atomic E-state index is 11.9. The van der Waals surface area contributed by atoms with Gasteiger partial charge in [0.25, 0.3) is 0 Å². The van der Waals surface area contributed by atoms with Gasteiger partial charge in [0.05, 0.1) is 5.56 Å². The fourth-order valence-electron chi connectivity index (χ4n) is 1.46. The molecule has 21 heavy (non-hydrogen) atoms. The summed E-state index contributed by atoms with van der Waals surface area (Å²) in [6.45, 7) is 3.43. The molecule has 0 aliphatic heterocycles. The van der Waals surface area contributed by atoms with E-state index in [-0.39, 0.29) is 28.6 Å². The molecule has 0 unspecified atom stereocenters. The quantitative estimate of drug-likeness (QED) is 0.849. The largest absolute Gasteiger partial charge is 0.508 e. The SMILES string of the molecule is CCC(C)=O.O=C(c1ccccc1)c1ccc(O)cc1O. The zero-order valence-electron chi connectivity index (χ0n) is 12.0. The van der Waals surface area contributed by atoms with Crippen LogP contribution in [0.4, 0.5) is 0 Å². The molecule has 0 saturated carbocycles. The third-order valence-electron chi connectivity index (χ3n) is 2.76. The van der Waals surface area contributed by atoms with Gasteiger partial charge >= 0.3 is 0 Å². The van der Waals surface area contributed by atoms with Crippen LogP contribution in [0, 0.1) is 0 Å². The summed E-state index contributed by atoms with van der Waals surface area (Å²) in [7, 11) is 0. The Balaban J connectivity index is 0.000000383. The topological polar surface area (TPSA) is 74.6 Å². The van der Waals surface area contributed by atoms with E-state index in [1.54, 1.807) is 31.2 Å². The number of phenolic OH excluding ortho intramolecular Hbond substituents is 2. The smallest absolute Gasteiger partial charge is 0.196 e. The van der Waals surface area contributed by atoms with E-state index >= 15 is 0 Å². The van der Waals surface area contributed by atoms with Crippen LogP contribution < -0.4 is 0 Å². The lowest BCUT2D eigenvalue weighted by molar-refractivity contribution is -0.116. The molecule has 4 nitrogen and oxygen atoms in total. The second kappa shape index (κ2) is 7.85. The lowest BCUT2D eigenvalue weighted by Gasteiger charge is -2.04. The second-order valence-corrected chi connectivity index (χ2v) is 4.45. The van der Waals surface area contributed by atoms with Crippen molar-refractivity contribution in [2.45, 2.75) is 20.3 Å². The van der Waals surface area contributed by atoms with E-state index in [1.165, 1.54) is 12.1 Å². The molecule has 0 aromatic heterocycles. The van der Waals surface area contributed by atoms with Crippen LogP contribution in [0.25, 0.3) is 0 Å². The molecule has 0 aliphatic rings. The Labute approximate surface area is 123 Å². The van der Waals surface area contributed by atoms with E-state index in [0.29, 0.717) is 12.0 Å². The van der Waals surface area contributed by atoms with Crippen molar-refractivity contribution >= 4 is 11.6 Å². The van der Waals surface area contributed by atoms with Gasteiger partial charge in [-0.3, -0.25) is 4.79 Å². The Morgan fingerprint density at radius 2 is 1.57 bits per heavy atom. The number of carbonyl (C=O) groups is 2. The molecule has 0 bridgehead atoms. The van der Waals surface area contributed by atoms with Gasteiger partial charge in [-0.15, -0.1) is 0 Å². The third kappa shape index (κ3) is 5.10. The summed E-state index contributed by atoms with van der Waals surface area (Å²) in [4.78, 5) is 21.7. The van der Waals surface area contributed by atoms with Gasteiger partial charge in [0.1, 0.15) is 17.3 Å². The number of aromatic hydroxyl groups is 2. The molecule has 2 N–H and O–H groups in total. The number of Topliss-reactive ketones (excluding diaryl/α,β-unsaturated/α-hetero) is 1. The molecule has 0 aliphatic carbocycles. The Hall–Kier alpha value is -2.62. The summed E-state index contributed by atoms with van der Waals surface area (Å²) < 4.78 is 0. The van der Waals surface area contributed by atoms with E-state index in [1.807, 2.05) is 13.0 Å². The molecule has 0 atom stereocenters. The minimum absolute atomic E-state index is 0.0675. The van der Waals surface area contributed by atoms with Gasteiger partial charge < -0.3 is 15.0 Å². The lowest BCUT2D eigenvalue weighted by Crippen LogP contribution is -2.00. The van der Waals surface area contributed by atoms with Crippen molar-refractivity contribution in [1.82, 2.24) is 0 Å². The number of hydrogen-bond donors (Lipinski definition) is 2. The normalized spacial score (nSPS) is 9.43. The zero-order valence-corrected chi connectivity index (χ0v) is 12.0. The highest BCUT2D eigenvalue weighted by Crippen LogP contribution is 2.24. The first kappa shape index (κ1) is 16.4. The molecule has 0 radical (unpaired) electrons. The molecule has 2 aromatic carbocycles. The van der Waals surface area contributed by atoms with Gasteiger partial charge in [0.2, 0.25) is 0 Å². The van der Waals surface area contributed by atoms with Gasteiger partial charge in [-0.25, -0.2) is 0 Å². The molecule has 0 fully saturated rings. The summed E-state index contributed by atoms with van der Waals surface area (Å²) in [5, 5.41) is 18.7. The standard InChI is InChI=1S/C13H10O3.C4H8O/c14-10-6-7-11(12(15)8-10)13(16)9-4-2-1-3-5-9;1-3-4(2)5/h1-8,14-15H;3H2,1-2H3. The highest BCUT2D eigenvalue weighted by molar-refractivity contribution is 6.10. The monoisotopic (exact) mass is 286 g/mol. The molecule has 2 rings (SSSR count). The number of benzene rings is 2. The molecular formula is C17H18O4. The zero-order chi connectivity index (χ0) is 15.8. The van der Waals surface area contributed by atoms with E-state index in [9.17, 15) is 14.7 Å². The molecular weight excluding hydrogens is 268 g/mol. The maximum absolute atomic E-state index is 11.9. The molecule has 0 amide bonds. The number of ketones is 2. The minimum Gasteiger partial charge on any atom is -0.508 e. The first-order valence-corrected chi connectivity index (χ1v) is 6.56. The van der Waals surface area contributed by atoms with E-state index < -0.39 is 0 Å². The van der Waals surface area contributed by atoms with Crippen molar-refractivity contribution in [2.24, 2.45) is 0 Å². The fraction of sp³-hybridized carbons (Fsp3) is 0.176. The van der Waals surface area contributed by atoms with E-state index in [0.717, 1.165) is 6.07 Å². The van der Waals surface area contributed by atoms with Crippen molar-refractivity contribution < 1.29 is 19.8 Å². The highest BCUT2D eigenvalue weighted by atomic mass is 16.3. The van der Waals surface area contributed by atoms with Gasteiger partial charge in [-0.05, 0) is 19.1 Å². The minimum atomic E-state index is -0.266. The maximum Gasteiger partial charge on any atom is 0.196 e. The van der Waals surface area contributed by atoms with Crippen LogP contribution in [-0.2, 0) is 4.79 Å². The average Bonchev–Trinajstić information content (AvgIpc) is 2.48. The Morgan fingerprint density at radius 3 is 2.05 bits per heavy atom. The number of carbonyl (C=O) groups excluding carboxylic acids is 2. The lowest BCUT2D eigenvalue weighted by atomic mass is 10.0. The second-order valence-electron chi connectivity index (χ2n) is 4.45. The van der Waals surface area contributed by atoms with Crippen molar-refractivity contribution in [1.29, 1.82) is 0 Å². The van der Waals surface area contributed by atoms with Gasteiger partial charge in [0.15, 0.2) is 5.78 Å². The fourth-order valence-corrected chi connectivity index (χ4v) is 1.46. The molecule has 4 heteroatoms. The average molecular weight is 286 g/mol. The van der Waals surface area contributed by atoms with Gasteiger partial charge in [0, 0.05) is 18.1 Å². The van der Waals surface area contributed by atoms with Crippen LogP contribution in [0.3, 0.4) is 0 Å². The summed E-state index contributed by atoms with van der Waals surface area (Å²) in [6.07, 6.45) is 0.667. The van der Waals surface area contributed by atoms with Crippen molar-refractivity contribution in [3.8, 4) is 11.5 Å². The highest BCUT2D eigenvalue weighted by Gasteiger charge is 2.13. The summed E-state index contributed by atoms with van der Waals surface area (Å²) in [5.41, 5.74) is 0.687. The Morgan fingerprint density at radius 1 is 1.00 bits per heavy atom. The van der Waals surface area contributed by atoms with Gasteiger partial charge in [-0.1, -0.05) is 37.3 Å². The molecule has 110 valence electrons. The molecule has 0 spiro atoms. The van der Waals surface area contributed by atoms with E-state index in [2.05, 4.69) is 0 Å². The number of rotatable bonds is 3. The predicted molar refractivity (Wildman–Crippen MR) is 80.6 cm³/mol. The molecule has 0 heterocycles. The summed E-state index contributed by atoms with van der Waals surface area (Å²) in [6, 6.07) is 12.6. The predicted octanol–water partition coefficient (Wildman–Crippen LogP) is 3.31. The summed E-state index contributed by atoms with van der Waals surface area (Å²) in [5.74, 6) is -0.293. The summed E-state index contributed by atoms with van der Waals surface area (Å²) >= 11 is 0. The number of hydrogen-bond acceptors (Lipinski definition) is 4. The van der Waals surface area contributed by atoms with Crippen molar-refractivity contribution in [3.63, 3.8) is 0 Å². The van der Waals surface area contributed by atoms with Crippen LogP contribution >= 0.6 is 0 Å². The number of phenols is 2. The van der Waals surface area contributed by atoms with Crippen LogP contribution in [-0.4, -0.2) is 21.8 Å². The van der Waals surface area contributed by atoms with Gasteiger partial charge in [-0.2, -0.15) is 0 Å². The van der Waals surface area contributed by atoms with Crippen molar-refractivity contribution in [2.75, 3.05) is 0 Å². The molecule has 2 aromatic rings. The first-order chi connectivity index (χ1) is 9.95. The van der Waals surface area contributed by atoms with Crippen LogP contribution in [0.15, 0.2) is 48.5 Å².